The quantitative estimate of drug-likeness (QED) is 0.829. The van der Waals surface area contributed by atoms with E-state index in [1.807, 2.05) is 13.0 Å². The molecule has 0 aliphatic heterocycles. The van der Waals surface area contributed by atoms with Crippen molar-refractivity contribution < 1.29 is 4.74 Å². The van der Waals surface area contributed by atoms with E-state index in [9.17, 15) is 0 Å². The van der Waals surface area contributed by atoms with Crippen molar-refractivity contribution in [3.8, 4) is 23.6 Å². The summed E-state index contributed by atoms with van der Waals surface area (Å²) in [5, 5.41) is 17.9. The first kappa shape index (κ1) is 12.5. The van der Waals surface area contributed by atoms with Gasteiger partial charge in [-0.05, 0) is 48.9 Å². The molecule has 0 fully saturated rings. The molecule has 0 aliphatic rings. The zero-order valence-electron chi connectivity index (χ0n) is 10.3. The smallest absolute Gasteiger partial charge is 0.145 e. The zero-order chi connectivity index (χ0) is 13.8. The van der Waals surface area contributed by atoms with Crippen LogP contribution >= 0.6 is 0 Å². The molecule has 19 heavy (non-hydrogen) atoms. The molecular formula is C15H11N3O. The van der Waals surface area contributed by atoms with Crippen molar-refractivity contribution in [2.75, 3.05) is 5.73 Å². The second-order valence-electron chi connectivity index (χ2n) is 4.06. The molecule has 0 unspecified atom stereocenters. The van der Waals surface area contributed by atoms with Gasteiger partial charge in [-0.3, -0.25) is 0 Å². The lowest BCUT2D eigenvalue weighted by Gasteiger charge is -2.09. The maximum absolute atomic E-state index is 9.03. The molecule has 2 aromatic carbocycles. The number of ether oxygens (including phenoxy) is 1. The zero-order valence-corrected chi connectivity index (χ0v) is 10.3. The van der Waals surface area contributed by atoms with Gasteiger partial charge in [0.1, 0.15) is 17.6 Å². The normalized spacial score (nSPS) is 9.42. The van der Waals surface area contributed by atoms with E-state index < -0.39 is 0 Å². The summed E-state index contributed by atoms with van der Waals surface area (Å²) >= 11 is 0. The van der Waals surface area contributed by atoms with Gasteiger partial charge in [-0.2, -0.15) is 10.5 Å². The van der Waals surface area contributed by atoms with Crippen LogP contribution in [0.1, 0.15) is 16.7 Å². The summed E-state index contributed by atoms with van der Waals surface area (Å²) in [5.74, 6) is 1.03. The second-order valence-corrected chi connectivity index (χ2v) is 4.06. The minimum Gasteiger partial charge on any atom is -0.456 e. The molecular weight excluding hydrogens is 238 g/mol. The Morgan fingerprint density at radius 1 is 1.00 bits per heavy atom. The van der Waals surface area contributed by atoms with Crippen molar-refractivity contribution in [3.05, 3.63) is 53.1 Å². The third kappa shape index (κ3) is 2.65. The van der Waals surface area contributed by atoms with E-state index in [0.717, 1.165) is 5.56 Å². The van der Waals surface area contributed by atoms with Crippen LogP contribution in [0.5, 0.6) is 11.5 Å². The molecule has 0 heterocycles. The van der Waals surface area contributed by atoms with Gasteiger partial charge in [0.15, 0.2) is 0 Å². The molecule has 0 spiro atoms. The molecule has 2 N–H and O–H groups in total. The molecule has 4 heteroatoms. The SMILES string of the molecule is Cc1cc(Oc2ccc(N)cc2C#N)ccc1C#N. The second kappa shape index (κ2) is 5.12. The number of nitrogen functional groups attached to an aromatic ring is 1. The highest BCUT2D eigenvalue weighted by molar-refractivity contribution is 5.54. The minimum absolute atomic E-state index is 0.377. The van der Waals surface area contributed by atoms with Gasteiger partial charge >= 0.3 is 0 Å². The van der Waals surface area contributed by atoms with Gasteiger partial charge in [-0.1, -0.05) is 0 Å². The molecule has 0 amide bonds. The van der Waals surface area contributed by atoms with Crippen LogP contribution in [0.25, 0.3) is 0 Å². The average Bonchev–Trinajstić information content (AvgIpc) is 2.41. The molecule has 0 bridgehead atoms. The molecule has 0 atom stereocenters. The number of hydrogen-bond acceptors (Lipinski definition) is 4. The largest absolute Gasteiger partial charge is 0.456 e. The van der Waals surface area contributed by atoms with Gasteiger partial charge in [-0.25, -0.2) is 0 Å². The number of rotatable bonds is 2. The average molecular weight is 249 g/mol. The van der Waals surface area contributed by atoms with E-state index in [0.29, 0.717) is 28.3 Å². The number of nitriles is 2. The fourth-order valence-electron chi connectivity index (χ4n) is 1.68. The van der Waals surface area contributed by atoms with Crippen LogP contribution in [0.3, 0.4) is 0 Å². The Morgan fingerprint density at radius 2 is 1.74 bits per heavy atom. The monoisotopic (exact) mass is 249 g/mol. The van der Waals surface area contributed by atoms with Crippen molar-refractivity contribution in [3.63, 3.8) is 0 Å². The first-order chi connectivity index (χ1) is 9.13. The lowest BCUT2D eigenvalue weighted by Crippen LogP contribution is -1.92. The first-order valence-electron chi connectivity index (χ1n) is 5.62. The Kier molecular flexibility index (Phi) is 3.36. The Balaban J connectivity index is 2.35. The molecule has 2 aromatic rings. The Morgan fingerprint density at radius 3 is 2.37 bits per heavy atom. The van der Waals surface area contributed by atoms with E-state index in [4.69, 9.17) is 21.0 Å². The molecule has 4 nitrogen and oxygen atoms in total. The molecule has 2 rings (SSSR count). The van der Waals surface area contributed by atoms with Crippen LogP contribution < -0.4 is 10.5 Å². The molecule has 0 saturated carbocycles. The predicted octanol–water partition coefficient (Wildman–Crippen LogP) is 3.11. The molecule has 92 valence electrons. The number of benzene rings is 2. The summed E-state index contributed by atoms with van der Waals surface area (Å²) in [6.07, 6.45) is 0. The first-order valence-corrected chi connectivity index (χ1v) is 5.62. The van der Waals surface area contributed by atoms with Crippen LogP contribution in [0.2, 0.25) is 0 Å². The highest BCUT2D eigenvalue weighted by atomic mass is 16.5. The van der Waals surface area contributed by atoms with Gasteiger partial charge in [-0.15, -0.1) is 0 Å². The number of aryl methyl sites for hydroxylation is 1. The fourth-order valence-corrected chi connectivity index (χ4v) is 1.68. The maximum Gasteiger partial charge on any atom is 0.145 e. The van der Waals surface area contributed by atoms with E-state index in [1.165, 1.54) is 0 Å². The fraction of sp³-hybridized carbons (Fsp3) is 0.0667. The Hall–Kier alpha value is -2.98. The lowest BCUT2D eigenvalue weighted by molar-refractivity contribution is 0.480. The van der Waals surface area contributed by atoms with Crippen LogP contribution in [0.4, 0.5) is 5.69 Å². The van der Waals surface area contributed by atoms with Crippen molar-refractivity contribution in [2.24, 2.45) is 0 Å². The summed E-state index contributed by atoms with van der Waals surface area (Å²) in [7, 11) is 0. The van der Waals surface area contributed by atoms with E-state index in [2.05, 4.69) is 6.07 Å². The highest BCUT2D eigenvalue weighted by Gasteiger charge is 2.06. The third-order valence-corrected chi connectivity index (χ3v) is 2.67. The van der Waals surface area contributed by atoms with Crippen molar-refractivity contribution in [2.45, 2.75) is 6.92 Å². The molecule has 0 aromatic heterocycles. The molecule has 0 saturated heterocycles. The van der Waals surface area contributed by atoms with E-state index in [-0.39, 0.29) is 0 Å². The van der Waals surface area contributed by atoms with Crippen LogP contribution in [0, 0.1) is 29.6 Å². The standard InChI is InChI=1S/C15H11N3O/c1-10-6-14(4-2-11(10)8-16)19-15-5-3-13(18)7-12(15)9-17/h2-7H,18H2,1H3. The van der Waals surface area contributed by atoms with Gasteiger partial charge < -0.3 is 10.5 Å². The Labute approximate surface area is 111 Å². The summed E-state index contributed by atoms with van der Waals surface area (Å²) < 4.78 is 5.65. The van der Waals surface area contributed by atoms with Crippen molar-refractivity contribution in [1.29, 1.82) is 10.5 Å². The van der Waals surface area contributed by atoms with Gasteiger partial charge in [0, 0.05) is 5.69 Å². The topological polar surface area (TPSA) is 82.8 Å². The van der Waals surface area contributed by atoms with Crippen molar-refractivity contribution >= 4 is 5.69 Å². The minimum atomic E-state index is 0.377. The number of nitrogens with zero attached hydrogens (tertiary/aromatic N) is 2. The van der Waals surface area contributed by atoms with Gasteiger partial charge in [0.05, 0.1) is 17.2 Å². The number of anilines is 1. The van der Waals surface area contributed by atoms with Gasteiger partial charge in [0.2, 0.25) is 0 Å². The Bertz CT molecular complexity index is 708. The maximum atomic E-state index is 9.03. The number of hydrogen-bond donors (Lipinski definition) is 1. The summed E-state index contributed by atoms with van der Waals surface area (Å²) in [6, 6.07) is 14.2. The van der Waals surface area contributed by atoms with E-state index >= 15 is 0 Å². The van der Waals surface area contributed by atoms with Crippen LogP contribution in [-0.2, 0) is 0 Å². The van der Waals surface area contributed by atoms with Crippen molar-refractivity contribution in [1.82, 2.24) is 0 Å². The molecule has 0 radical (unpaired) electrons. The molecule has 0 aliphatic carbocycles. The predicted molar refractivity (Wildman–Crippen MR) is 71.5 cm³/mol. The van der Waals surface area contributed by atoms with Crippen LogP contribution in [-0.4, -0.2) is 0 Å². The van der Waals surface area contributed by atoms with Gasteiger partial charge in [0.25, 0.3) is 0 Å². The summed E-state index contributed by atoms with van der Waals surface area (Å²) in [5.41, 5.74) is 7.94. The summed E-state index contributed by atoms with van der Waals surface area (Å²) in [4.78, 5) is 0. The summed E-state index contributed by atoms with van der Waals surface area (Å²) in [6.45, 7) is 1.83. The number of nitrogens with two attached hydrogens (primary N) is 1. The highest BCUT2D eigenvalue weighted by Crippen LogP contribution is 2.27. The van der Waals surface area contributed by atoms with E-state index in [1.54, 1.807) is 36.4 Å². The third-order valence-electron chi connectivity index (χ3n) is 2.67. The lowest BCUT2D eigenvalue weighted by atomic mass is 10.1. The van der Waals surface area contributed by atoms with Crippen LogP contribution in [0.15, 0.2) is 36.4 Å².